The Morgan fingerprint density at radius 3 is 2.23 bits per heavy atom. The summed E-state index contributed by atoms with van der Waals surface area (Å²) in [7, 11) is 0. The zero-order valence-electron chi connectivity index (χ0n) is 6.25. The van der Waals surface area contributed by atoms with E-state index in [1.165, 1.54) is 12.1 Å². The van der Waals surface area contributed by atoms with Gasteiger partial charge in [0.2, 0.25) is 0 Å². The Morgan fingerprint density at radius 1 is 1.15 bits per heavy atom. The SMILES string of the molecule is O=C(O)C(=O)c1ccc(Br)c(Br)c1. The van der Waals surface area contributed by atoms with Gasteiger partial charge in [-0.25, -0.2) is 4.79 Å². The van der Waals surface area contributed by atoms with Crippen molar-refractivity contribution in [1.29, 1.82) is 0 Å². The maximum atomic E-state index is 11.0. The first-order valence-corrected chi connectivity index (χ1v) is 4.83. The maximum Gasteiger partial charge on any atom is 0.377 e. The van der Waals surface area contributed by atoms with Crippen molar-refractivity contribution in [3.8, 4) is 0 Å². The summed E-state index contributed by atoms with van der Waals surface area (Å²) < 4.78 is 1.43. The summed E-state index contributed by atoms with van der Waals surface area (Å²) in [5.41, 5.74) is 0.155. The summed E-state index contributed by atoms with van der Waals surface area (Å²) in [6.45, 7) is 0. The van der Waals surface area contributed by atoms with Gasteiger partial charge in [0.05, 0.1) is 0 Å². The van der Waals surface area contributed by atoms with Crippen molar-refractivity contribution in [3.05, 3.63) is 32.7 Å². The minimum Gasteiger partial charge on any atom is -0.475 e. The molecule has 1 aromatic rings. The molecule has 0 heterocycles. The lowest BCUT2D eigenvalue weighted by molar-refractivity contribution is -0.131. The fourth-order valence-electron chi connectivity index (χ4n) is 0.761. The number of hydrogen-bond acceptors (Lipinski definition) is 2. The smallest absolute Gasteiger partial charge is 0.377 e. The molecule has 0 atom stereocenters. The molecule has 0 unspecified atom stereocenters. The summed E-state index contributed by atoms with van der Waals surface area (Å²) in [6.07, 6.45) is 0. The lowest BCUT2D eigenvalue weighted by Crippen LogP contribution is -2.12. The molecule has 0 saturated carbocycles. The summed E-state index contributed by atoms with van der Waals surface area (Å²) >= 11 is 6.38. The minimum atomic E-state index is -1.45. The summed E-state index contributed by atoms with van der Waals surface area (Å²) in [6, 6.07) is 4.52. The van der Waals surface area contributed by atoms with Crippen molar-refractivity contribution in [2.75, 3.05) is 0 Å². The number of rotatable bonds is 2. The highest BCUT2D eigenvalue weighted by Crippen LogP contribution is 2.23. The third-order valence-corrected chi connectivity index (χ3v) is 3.26. The topological polar surface area (TPSA) is 54.4 Å². The second-order valence-corrected chi connectivity index (χ2v) is 3.97. The van der Waals surface area contributed by atoms with Crippen molar-refractivity contribution >= 4 is 43.6 Å². The van der Waals surface area contributed by atoms with Gasteiger partial charge < -0.3 is 5.11 Å². The van der Waals surface area contributed by atoms with Gasteiger partial charge in [-0.1, -0.05) is 0 Å². The number of benzene rings is 1. The Labute approximate surface area is 91.0 Å². The molecule has 1 rings (SSSR count). The van der Waals surface area contributed by atoms with E-state index in [2.05, 4.69) is 31.9 Å². The number of aliphatic carboxylic acids is 1. The average Bonchev–Trinajstić information content (AvgIpc) is 2.08. The third-order valence-electron chi connectivity index (χ3n) is 1.38. The average molecular weight is 308 g/mol. The molecule has 3 nitrogen and oxygen atoms in total. The van der Waals surface area contributed by atoms with Crippen LogP contribution in [0, 0.1) is 0 Å². The Morgan fingerprint density at radius 2 is 1.77 bits per heavy atom. The predicted octanol–water partition coefficient (Wildman–Crippen LogP) is 2.48. The quantitative estimate of drug-likeness (QED) is 0.674. The molecule has 5 heteroatoms. The highest BCUT2D eigenvalue weighted by molar-refractivity contribution is 9.13. The Hall–Kier alpha value is -0.680. The van der Waals surface area contributed by atoms with Crippen molar-refractivity contribution in [3.63, 3.8) is 0 Å². The Bertz CT molecular complexity index is 374. The summed E-state index contributed by atoms with van der Waals surface area (Å²) in [5, 5.41) is 8.42. The lowest BCUT2D eigenvalue weighted by atomic mass is 10.1. The van der Waals surface area contributed by atoms with Gasteiger partial charge in [-0.05, 0) is 50.1 Å². The van der Waals surface area contributed by atoms with Gasteiger partial charge in [0.15, 0.2) is 0 Å². The number of carbonyl (C=O) groups excluding carboxylic acids is 1. The lowest BCUT2D eigenvalue weighted by Gasteiger charge is -1.98. The van der Waals surface area contributed by atoms with E-state index in [4.69, 9.17) is 5.11 Å². The van der Waals surface area contributed by atoms with E-state index in [9.17, 15) is 9.59 Å². The third kappa shape index (κ3) is 2.38. The molecule has 0 aliphatic heterocycles. The predicted molar refractivity (Wildman–Crippen MR) is 53.8 cm³/mol. The molecular formula is C8H4Br2O3. The van der Waals surface area contributed by atoms with Gasteiger partial charge in [-0.3, -0.25) is 4.79 Å². The molecule has 0 fully saturated rings. The first-order chi connectivity index (χ1) is 6.02. The summed E-state index contributed by atoms with van der Waals surface area (Å²) in [5.74, 6) is -2.36. The molecule has 0 radical (unpaired) electrons. The zero-order chi connectivity index (χ0) is 10.0. The Balaban J connectivity index is 3.11. The number of halogens is 2. The molecule has 1 N–H and O–H groups in total. The fourth-order valence-corrected chi connectivity index (χ4v) is 1.39. The molecule has 0 aliphatic carbocycles. The summed E-state index contributed by atoms with van der Waals surface area (Å²) in [4.78, 5) is 21.3. The molecule has 0 spiro atoms. The van der Waals surface area contributed by atoms with Crippen LogP contribution < -0.4 is 0 Å². The second-order valence-electron chi connectivity index (χ2n) is 2.26. The number of carbonyl (C=O) groups is 2. The first-order valence-electron chi connectivity index (χ1n) is 3.25. The van der Waals surface area contributed by atoms with E-state index >= 15 is 0 Å². The van der Waals surface area contributed by atoms with E-state index in [0.717, 1.165) is 4.47 Å². The number of carboxylic acid groups (broad SMARTS) is 1. The largest absolute Gasteiger partial charge is 0.475 e. The van der Waals surface area contributed by atoms with Crippen LogP contribution in [0.1, 0.15) is 10.4 Å². The van der Waals surface area contributed by atoms with Crippen LogP contribution in [0.4, 0.5) is 0 Å². The van der Waals surface area contributed by atoms with Crippen molar-refractivity contribution in [1.82, 2.24) is 0 Å². The van der Waals surface area contributed by atoms with E-state index in [1.807, 2.05) is 0 Å². The number of Topliss-reactive ketones (excluding diaryl/α,β-unsaturated/α-hetero) is 1. The van der Waals surface area contributed by atoms with E-state index in [0.29, 0.717) is 4.47 Å². The van der Waals surface area contributed by atoms with E-state index in [1.54, 1.807) is 6.07 Å². The molecule has 0 saturated heterocycles. The van der Waals surface area contributed by atoms with Gasteiger partial charge in [0.1, 0.15) is 0 Å². The zero-order valence-corrected chi connectivity index (χ0v) is 9.42. The number of hydrogen-bond donors (Lipinski definition) is 1. The first kappa shape index (κ1) is 10.4. The standard InChI is InChI=1S/C8H4Br2O3/c9-5-2-1-4(3-6(5)10)7(11)8(12)13/h1-3H,(H,12,13). The number of ketones is 1. The molecular weight excluding hydrogens is 304 g/mol. The van der Waals surface area contributed by atoms with Crippen LogP contribution in [0.2, 0.25) is 0 Å². The second kappa shape index (κ2) is 4.02. The highest BCUT2D eigenvalue weighted by atomic mass is 79.9. The fraction of sp³-hybridized carbons (Fsp3) is 0. The normalized spacial score (nSPS) is 9.69. The van der Waals surface area contributed by atoms with Crippen LogP contribution >= 0.6 is 31.9 Å². The minimum absolute atomic E-state index is 0.155. The molecule has 68 valence electrons. The van der Waals surface area contributed by atoms with Crippen molar-refractivity contribution < 1.29 is 14.7 Å². The molecule has 1 aromatic carbocycles. The van der Waals surface area contributed by atoms with Gasteiger partial charge >= 0.3 is 5.97 Å². The Kier molecular flexibility index (Phi) is 3.22. The maximum absolute atomic E-state index is 11.0. The molecule has 0 aliphatic rings. The van der Waals surface area contributed by atoms with Gasteiger partial charge in [-0.15, -0.1) is 0 Å². The van der Waals surface area contributed by atoms with Crippen LogP contribution in [0.15, 0.2) is 27.1 Å². The molecule has 0 amide bonds. The van der Waals surface area contributed by atoms with Gasteiger partial charge in [-0.2, -0.15) is 0 Å². The van der Waals surface area contributed by atoms with Crippen LogP contribution in [-0.2, 0) is 4.79 Å². The van der Waals surface area contributed by atoms with Crippen LogP contribution in [-0.4, -0.2) is 16.9 Å². The highest BCUT2D eigenvalue weighted by Gasteiger charge is 2.14. The monoisotopic (exact) mass is 306 g/mol. The van der Waals surface area contributed by atoms with Crippen LogP contribution in [0.3, 0.4) is 0 Å². The van der Waals surface area contributed by atoms with Gasteiger partial charge in [0, 0.05) is 14.5 Å². The molecule has 13 heavy (non-hydrogen) atoms. The molecule has 0 aromatic heterocycles. The van der Waals surface area contributed by atoms with Gasteiger partial charge in [0.25, 0.3) is 5.78 Å². The van der Waals surface area contributed by atoms with E-state index in [-0.39, 0.29) is 5.56 Å². The van der Waals surface area contributed by atoms with Crippen LogP contribution in [0.25, 0.3) is 0 Å². The molecule has 0 bridgehead atoms. The van der Waals surface area contributed by atoms with Crippen LogP contribution in [0.5, 0.6) is 0 Å². The van der Waals surface area contributed by atoms with E-state index < -0.39 is 11.8 Å². The van der Waals surface area contributed by atoms with Crippen molar-refractivity contribution in [2.24, 2.45) is 0 Å². The number of carboxylic acids is 1. The van der Waals surface area contributed by atoms with Crippen molar-refractivity contribution in [2.45, 2.75) is 0 Å².